The van der Waals surface area contributed by atoms with E-state index in [1.54, 1.807) is 0 Å². The van der Waals surface area contributed by atoms with Crippen molar-refractivity contribution in [3.8, 4) is 11.5 Å². The molecule has 1 heterocycles. The molecule has 0 bridgehead atoms. The molecule has 9 heteroatoms. The first-order valence-electron chi connectivity index (χ1n) is 6.69. The highest BCUT2D eigenvalue weighted by atomic mass is 16.6. The summed E-state index contributed by atoms with van der Waals surface area (Å²) < 4.78 is 9.91. The number of likely N-dealkylation sites (N-methyl/N-ethyl adjacent to an activating group) is 1. The minimum Gasteiger partial charge on any atom is -0.493 e. The summed E-state index contributed by atoms with van der Waals surface area (Å²) in [5, 5.41) is 11.3. The fourth-order valence-corrected chi connectivity index (χ4v) is 2.33. The van der Waals surface area contributed by atoms with E-state index >= 15 is 0 Å². The Balaban J connectivity index is 2.43. The largest absolute Gasteiger partial charge is 0.493 e. The Morgan fingerprint density at radius 3 is 2.41 bits per heavy atom. The normalized spacial score (nSPS) is 15.5. The molecule has 0 saturated carbocycles. The zero-order valence-electron chi connectivity index (χ0n) is 12.4. The molecular formula is C13H18N4O5. The van der Waals surface area contributed by atoms with Gasteiger partial charge in [-0.2, -0.15) is 0 Å². The number of hydrogen-bond acceptors (Lipinski definition) is 7. The van der Waals surface area contributed by atoms with Crippen molar-refractivity contribution in [2.75, 3.05) is 45.2 Å². The molecule has 22 heavy (non-hydrogen) atoms. The summed E-state index contributed by atoms with van der Waals surface area (Å²) in [7, 11) is 3.39. The van der Waals surface area contributed by atoms with Crippen molar-refractivity contribution < 1.29 is 19.2 Å². The number of methoxy groups -OCH3 is 1. The summed E-state index contributed by atoms with van der Waals surface area (Å²) in [5.41, 5.74) is 5.25. The minimum absolute atomic E-state index is 0.0698. The van der Waals surface area contributed by atoms with E-state index < -0.39 is 11.0 Å². The highest BCUT2D eigenvalue weighted by Gasteiger charge is 2.26. The fraction of sp³-hybridized carbons (Fsp3) is 0.462. The van der Waals surface area contributed by atoms with Crippen molar-refractivity contribution in [2.24, 2.45) is 5.73 Å². The Labute approximate surface area is 127 Å². The second kappa shape index (κ2) is 6.48. The van der Waals surface area contributed by atoms with Gasteiger partial charge in [0.1, 0.15) is 5.69 Å². The van der Waals surface area contributed by atoms with E-state index in [-0.39, 0.29) is 17.2 Å². The predicted molar refractivity (Wildman–Crippen MR) is 79.6 cm³/mol. The Kier molecular flexibility index (Phi) is 4.66. The summed E-state index contributed by atoms with van der Waals surface area (Å²) in [6, 6.07) is 2.67. The molecule has 0 radical (unpaired) electrons. The van der Waals surface area contributed by atoms with Gasteiger partial charge in [-0.25, -0.2) is 4.79 Å². The third kappa shape index (κ3) is 3.37. The summed E-state index contributed by atoms with van der Waals surface area (Å²) in [6.07, 6.45) is -1.06. The molecule has 0 aromatic heterocycles. The van der Waals surface area contributed by atoms with Crippen LogP contribution >= 0.6 is 0 Å². The highest BCUT2D eigenvalue weighted by Crippen LogP contribution is 2.40. The SMILES string of the molecule is COc1cc(N2CCN(C)CC2)c([N+](=O)[O-])cc1OC(N)=O. The lowest BCUT2D eigenvalue weighted by Crippen LogP contribution is -2.44. The van der Waals surface area contributed by atoms with Crippen LogP contribution in [0.15, 0.2) is 12.1 Å². The van der Waals surface area contributed by atoms with Gasteiger partial charge in [-0.05, 0) is 7.05 Å². The number of nitro groups is 1. The number of hydrogen-bond donors (Lipinski definition) is 1. The van der Waals surface area contributed by atoms with Crippen molar-refractivity contribution in [3.05, 3.63) is 22.2 Å². The number of nitro benzene ring substituents is 1. The average Bonchev–Trinajstić information content (AvgIpc) is 2.47. The lowest BCUT2D eigenvalue weighted by atomic mass is 10.2. The van der Waals surface area contributed by atoms with E-state index in [1.807, 2.05) is 11.9 Å². The maximum Gasteiger partial charge on any atom is 0.410 e. The zero-order chi connectivity index (χ0) is 16.3. The maximum atomic E-state index is 11.3. The molecule has 2 N–H and O–H groups in total. The van der Waals surface area contributed by atoms with Crippen molar-refractivity contribution in [1.82, 2.24) is 4.90 Å². The molecule has 1 fully saturated rings. The van der Waals surface area contributed by atoms with Crippen LogP contribution in [0, 0.1) is 10.1 Å². The number of nitrogens with zero attached hydrogens (tertiary/aromatic N) is 3. The molecule has 120 valence electrons. The Morgan fingerprint density at radius 2 is 1.91 bits per heavy atom. The van der Waals surface area contributed by atoms with Crippen LogP contribution in [-0.2, 0) is 0 Å². The minimum atomic E-state index is -1.06. The molecule has 0 aliphatic carbocycles. The molecule has 0 spiro atoms. The van der Waals surface area contributed by atoms with Gasteiger partial charge in [-0.1, -0.05) is 0 Å². The second-order valence-electron chi connectivity index (χ2n) is 4.96. The molecule has 1 amide bonds. The molecule has 0 atom stereocenters. The van der Waals surface area contributed by atoms with Gasteiger partial charge in [-0.15, -0.1) is 0 Å². The number of carbonyl (C=O) groups excluding carboxylic acids is 1. The van der Waals surface area contributed by atoms with Gasteiger partial charge in [0, 0.05) is 32.2 Å². The second-order valence-corrected chi connectivity index (χ2v) is 4.96. The van der Waals surface area contributed by atoms with E-state index in [2.05, 4.69) is 4.90 Å². The summed E-state index contributed by atoms with van der Waals surface area (Å²) in [5.74, 6) is 0.151. The number of piperazine rings is 1. The number of rotatable bonds is 4. The number of amides is 1. The molecule has 2 rings (SSSR count). The van der Waals surface area contributed by atoms with Gasteiger partial charge >= 0.3 is 6.09 Å². The van der Waals surface area contributed by atoms with Crippen LogP contribution in [0.25, 0.3) is 0 Å². The van der Waals surface area contributed by atoms with Gasteiger partial charge in [0.2, 0.25) is 0 Å². The topological polar surface area (TPSA) is 111 Å². The van der Waals surface area contributed by atoms with Gasteiger partial charge < -0.3 is 25.0 Å². The smallest absolute Gasteiger partial charge is 0.410 e. The predicted octanol–water partition coefficient (Wildman–Crippen LogP) is 0.813. The Morgan fingerprint density at radius 1 is 1.27 bits per heavy atom. The number of nitrogens with two attached hydrogens (primary N) is 1. The number of primary amides is 1. The van der Waals surface area contributed by atoms with Crippen LogP contribution in [0.2, 0.25) is 0 Å². The van der Waals surface area contributed by atoms with E-state index in [0.29, 0.717) is 18.8 Å². The molecule has 0 unspecified atom stereocenters. The van der Waals surface area contributed by atoms with E-state index in [0.717, 1.165) is 19.2 Å². The molecule has 1 aliphatic heterocycles. The average molecular weight is 310 g/mol. The summed E-state index contributed by atoms with van der Waals surface area (Å²) in [6.45, 7) is 2.94. The van der Waals surface area contributed by atoms with Gasteiger partial charge in [0.15, 0.2) is 11.5 Å². The molecular weight excluding hydrogens is 292 g/mol. The first-order chi connectivity index (χ1) is 10.4. The molecule has 1 saturated heterocycles. The van der Waals surface area contributed by atoms with Crippen LogP contribution in [-0.4, -0.2) is 56.3 Å². The van der Waals surface area contributed by atoms with E-state index in [4.69, 9.17) is 15.2 Å². The fourth-order valence-electron chi connectivity index (χ4n) is 2.33. The van der Waals surface area contributed by atoms with Crippen molar-refractivity contribution in [1.29, 1.82) is 0 Å². The van der Waals surface area contributed by atoms with Crippen LogP contribution in [0.5, 0.6) is 11.5 Å². The number of carbonyl (C=O) groups is 1. The quantitative estimate of drug-likeness (QED) is 0.647. The zero-order valence-corrected chi connectivity index (χ0v) is 12.4. The number of ether oxygens (including phenoxy) is 2. The monoisotopic (exact) mass is 310 g/mol. The summed E-state index contributed by atoms with van der Waals surface area (Å²) >= 11 is 0. The van der Waals surface area contributed by atoms with Gasteiger partial charge in [0.25, 0.3) is 5.69 Å². The van der Waals surface area contributed by atoms with Crippen molar-refractivity contribution in [3.63, 3.8) is 0 Å². The lowest BCUT2D eigenvalue weighted by molar-refractivity contribution is -0.384. The Hall–Kier alpha value is -2.55. The van der Waals surface area contributed by atoms with Crippen LogP contribution < -0.4 is 20.1 Å². The molecule has 1 aliphatic rings. The van der Waals surface area contributed by atoms with E-state index in [1.165, 1.54) is 13.2 Å². The van der Waals surface area contributed by atoms with Crippen LogP contribution in [0.1, 0.15) is 0 Å². The third-order valence-electron chi connectivity index (χ3n) is 3.51. The first-order valence-corrected chi connectivity index (χ1v) is 6.69. The van der Waals surface area contributed by atoms with Gasteiger partial charge in [-0.3, -0.25) is 10.1 Å². The number of anilines is 1. The standard InChI is InChI=1S/C13H18N4O5/c1-15-3-5-16(6-4-15)9-7-11(21-2)12(22-13(14)18)8-10(9)17(19)20/h7-8H,3-6H2,1-2H3,(H2,14,18). The number of benzene rings is 1. The highest BCUT2D eigenvalue weighted by molar-refractivity contribution is 5.74. The molecule has 1 aromatic rings. The lowest BCUT2D eigenvalue weighted by Gasteiger charge is -2.33. The Bertz CT molecular complexity index is 584. The maximum absolute atomic E-state index is 11.3. The summed E-state index contributed by atoms with van der Waals surface area (Å²) in [4.78, 5) is 25.8. The van der Waals surface area contributed by atoms with Crippen LogP contribution in [0.3, 0.4) is 0 Å². The van der Waals surface area contributed by atoms with Crippen molar-refractivity contribution in [2.45, 2.75) is 0 Å². The van der Waals surface area contributed by atoms with Crippen molar-refractivity contribution >= 4 is 17.5 Å². The molecule has 1 aromatic carbocycles. The van der Waals surface area contributed by atoms with Gasteiger partial charge in [0.05, 0.1) is 18.1 Å². The van der Waals surface area contributed by atoms with Crippen LogP contribution in [0.4, 0.5) is 16.2 Å². The molecule has 9 nitrogen and oxygen atoms in total. The third-order valence-corrected chi connectivity index (χ3v) is 3.51. The van der Waals surface area contributed by atoms with E-state index in [9.17, 15) is 14.9 Å². The first kappa shape index (κ1) is 15.8.